The highest BCUT2D eigenvalue weighted by molar-refractivity contribution is 5.87. The summed E-state index contributed by atoms with van der Waals surface area (Å²) in [5, 5.41) is 24.8. The average Bonchev–Trinajstić information content (AvgIpc) is 2.49. The number of aliphatic hydroxyl groups excluding tert-OH is 1. The molecule has 0 saturated heterocycles. The van der Waals surface area contributed by atoms with Gasteiger partial charge in [0, 0.05) is 6.92 Å². The van der Waals surface area contributed by atoms with Gasteiger partial charge in [0.15, 0.2) is 23.4 Å². The number of ether oxygens (including phenoxy) is 1. The summed E-state index contributed by atoms with van der Waals surface area (Å²) in [5.41, 5.74) is 1.62. The van der Waals surface area contributed by atoms with E-state index in [1.807, 2.05) is 0 Å². The molecule has 0 aromatic heterocycles. The fraction of sp³-hybridized carbons (Fsp3) is 0.176. The number of hydrogen-bond acceptors (Lipinski definition) is 4. The lowest BCUT2D eigenvalue weighted by Crippen LogP contribution is -2.12. The van der Waals surface area contributed by atoms with E-state index >= 15 is 0 Å². The molecule has 2 aromatic rings. The highest BCUT2D eigenvalue weighted by Crippen LogP contribution is 2.26. The lowest BCUT2D eigenvalue weighted by Gasteiger charge is -2.13. The smallest absolute Gasteiger partial charge is 0.191 e. The molecule has 0 aliphatic carbocycles. The summed E-state index contributed by atoms with van der Waals surface area (Å²) in [4.78, 5) is 0. The second-order valence-electron chi connectivity index (χ2n) is 5.06. The zero-order valence-corrected chi connectivity index (χ0v) is 12.4. The molecule has 0 bridgehead atoms. The largest absolute Gasteiger partial charge is 0.430 e. The predicted octanol–water partition coefficient (Wildman–Crippen LogP) is 4.05. The van der Waals surface area contributed by atoms with Crippen LogP contribution in [0, 0.1) is 22.5 Å². The minimum atomic E-state index is -0.993. The van der Waals surface area contributed by atoms with Gasteiger partial charge in [0.05, 0.1) is 12.5 Å². The minimum absolute atomic E-state index is 0.0859. The summed E-state index contributed by atoms with van der Waals surface area (Å²) >= 11 is 0. The highest BCUT2D eigenvalue weighted by Gasteiger charge is 2.13. The molecule has 0 aliphatic heterocycles. The minimum Gasteiger partial charge on any atom is -0.430 e. The Hall–Kier alpha value is -2.60. The van der Waals surface area contributed by atoms with Crippen LogP contribution in [-0.4, -0.2) is 16.9 Å². The molecule has 0 aliphatic rings. The van der Waals surface area contributed by atoms with E-state index in [-0.39, 0.29) is 18.2 Å². The van der Waals surface area contributed by atoms with E-state index in [4.69, 9.17) is 15.6 Å². The number of aliphatic hydroxyl groups is 1. The van der Waals surface area contributed by atoms with Crippen LogP contribution in [-0.2, 0) is 4.74 Å². The Morgan fingerprint density at radius 1 is 1.09 bits per heavy atom. The second kappa shape index (κ2) is 7.11. The summed E-state index contributed by atoms with van der Waals surface area (Å²) in [6.45, 7) is 1.39. The van der Waals surface area contributed by atoms with Crippen LogP contribution in [0.3, 0.4) is 0 Å². The van der Waals surface area contributed by atoms with Gasteiger partial charge in [0.1, 0.15) is 0 Å². The number of nitrogens with one attached hydrogen (secondary N) is 2. The standard InChI is InChI=1S/C17H16F2N2O2/c1-10(20)23-17(21)9-16(22)13-4-2-3-11(7-13)12-5-6-14(18)15(19)8-12/h2-8,16,20-22H,9H2,1H3. The van der Waals surface area contributed by atoms with Crippen molar-refractivity contribution in [3.8, 4) is 11.1 Å². The van der Waals surface area contributed by atoms with Crippen LogP contribution in [0.25, 0.3) is 11.1 Å². The van der Waals surface area contributed by atoms with E-state index in [2.05, 4.69) is 0 Å². The normalized spacial score (nSPS) is 11.8. The van der Waals surface area contributed by atoms with E-state index in [0.29, 0.717) is 16.7 Å². The first kappa shape index (κ1) is 16.8. The third-order valence-electron chi connectivity index (χ3n) is 3.18. The van der Waals surface area contributed by atoms with E-state index in [0.717, 1.165) is 12.1 Å². The summed E-state index contributed by atoms with van der Waals surface area (Å²) in [7, 11) is 0. The maximum Gasteiger partial charge on any atom is 0.191 e. The van der Waals surface area contributed by atoms with Crippen molar-refractivity contribution >= 4 is 11.8 Å². The van der Waals surface area contributed by atoms with Gasteiger partial charge in [-0.05, 0) is 34.9 Å². The molecule has 0 spiro atoms. The third kappa shape index (κ3) is 4.43. The summed E-state index contributed by atoms with van der Waals surface area (Å²) < 4.78 is 31.1. The molecule has 23 heavy (non-hydrogen) atoms. The first-order valence-electron chi connectivity index (χ1n) is 6.90. The maximum absolute atomic E-state index is 13.3. The molecule has 2 aromatic carbocycles. The lowest BCUT2D eigenvalue weighted by atomic mass is 9.99. The second-order valence-corrected chi connectivity index (χ2v) is 5.06. The molecule has 3 N–H and O–H groups in total. The molecular formula is C17H16F2N2O2. The summed E-state index contributed by atoms with van der Waals surface area (Å²) in [5.74, 6) is -2.20. The molecule has 1 unspecified atom stereocenters. The fourth-order valence-electron chi connectivity index (χ4n) is 2.12. The van der Waals surface area contributed by atoms with Crippen LogP contribution >= 0.6 is 0 Å². The monoisotopic (exact) mass is 318 g/mol. The Labute approximate surface area is 132 Å². The van der Waals surface area contributed by atoms with Crippen molar-refractivity contribution in [3.05, 3.63) is 59.7 Å². The van der Waals surface area contributed by atoms with E-state index < -0.39 is 17.7 Å². The molecule has 0 saturated carbocycles. The molecular weight excluding hydrogens is 302 g/mol. The van der Waals surface area contributed by atoms with Crippen LogP contribution in [0.15, 0.2) is 42.5 Å². The molecule has 0 amide bonds. The molecule has 0 fully saturated rings. The number of benzene rings is 2. The zero-order chi connectivity index (χ0) is 17.0. The SMILES string of the molecule is CC(=N)OC(=N)CC(O)c1cccc(-c2ccc(F)c(F)c2)c1. The Bertz CT molecular complexity index is 747. The van der Waals surface area contributed by atoms with Crippen LogP contribution in [0.1, 0.15) is 25.0 Å². The fourth-order valence-corrected chi connectivity index (χ4v) is 2.12. The van der Waals surface area contributed by atoms with Crippen molar-refractivity contribution in [2.75, 3.05) is 0 Å². The van der Waals surface area contributed by atoms with E-state index in [1.165, 1.54) is 13.0 Å². The predicted molar refractivity (Wildman–Crippen MR) is 83.6 cm³/mol. The summed E-state index contributed by atoms with van der Waals surface area (Å²) in [6, 6.07) is 10.3. The third-order valence-corrected chi connectivity index (χ3v) is 3.18. The molecule has 6 heteroatoms. The zero-order valence-electron chi connectivity index (χ0n) is 12.4. The van der Waals surface area contributed by atoms with Crippen LogP contribution in [0.5, 0.6) is 0 Å². The molecule has 0 heterocycles. The van der Waals surface area contributed by atoms with Gasteiger partial charge in [0.2, 0.25) is 0 Å². The molecule has 120 valence electrons. The summed E-state index contributed by atoms with van der Waals surface area (Å²) in [6.07, 6.45) is -1.08. The first-order chi connectivity index (χ1) is 10.9. The van der Waals surface area contributed by atoms with Gasteiger partial charge in [-0.1, -0.05) is 24.3 Å². The highest BCUT2D eigenvalue weighted by atomic mass is 19.2. The Morgan fingerprint density at radius 3 is 2.43 bits per heavy atom. The van der Waals surface area contributed by atoms with Crippen molar-refractivity contribution in [1.29, 1.82) is 10.8 Å². The van der Waals surface area contributed by atoms with Crippen LogP contribution in [0.2, 0.25) is 0 Å². The number of halogens is 2. The topological polar surface area (TPSA) is 77.2 Å². The quantitative estimate of drug-likeness (QED) is 0.587. The van der Waals surface area contributed by atoms with Crippen molar-refractivity contribution in [1.82, 2.24) is 0 Å². The van der Waals surface area contributed by atoms with Gasteiger partial charge in [-0.3, -0.25) is 10.8 Å². The molecule has 4 nitrogen and oxygen atoms in total. The Balaban J connectivity index is 2.20. The van der Waals surface area contributed by atoms with Gasteiger partial charge in [-0.2, -0.15) is 0 Å². The first-order valence-corrected chi connectivity index (χ1v) is 6.90. The van der Waals surface area contributed by atoms with Crippen LogP contribution in [0.4, 0.5) is 8.78 Å². The van der Waals surface area contributed by atoms with Gasteiger partial charge in [-0.25, -0.2) is 8.78 Å². The van der Waals surface area contributed by atoms with Gasteiger partial charge in [-0.15, -0.1) is 0 Å². The van der Waals surface area contributed by atoms with Crippen LogP contribution < -0.4 is 0 Å². The van der Waals surface area contributed by atoms with Gasteiger partial charge in [0.25, 0.3) is 0 Å². The van der Waals surface area contributed by atoms with E-state index in [9.17, 15) is 13.9 Å². The van der Waals surface area contributed by atoms with Gasteiger partial charge < -0.3 is 9.84 Å². The van der Waals surface area contributed by atoms with Gasteiger partial charge >= 0.3 is 0 Å². The number of rotatable bonds is 4. The average molecular weight is 318 g/mol. The Morgan fingerprint density at radius 2 is 1.78 bits per heavy atom. The molecule has 2 rings (SSSR count). The van der Waals surface area contributed by atoms with Crippen molar-refractivity contribution in [2.45, 2.75) is 19.4 Å². The van der Waals surface area contributed by atoms with Crippen molar-refractivity contribution in [2.24, 2.45) is 0 Å². The van der Waals surface area contributed by atoms with Crippen molar-refractivity contribution in [3.63, 3.8) is 0 Å². The Kier molecular flexibility index (Phi) is 5.18. The molecule has 0 radical (unpaired) electrons. The maximum atomic E-state index is 13.3. The van der Waals surface area contributed by atoms with Crippen molar-refractivity contribution < 1.29 is 18.6 Å². The van der Waals surface area contributed by atoms with E-state index in [1.54, 1.807) is 24.3 Å². The molecule has 1 atom stereocenters. The lowest BCUT2D eigenvalue weighted by molar-refractivity contribution is 0.180. The number of hydrogen-bond donors (Lipinski definition) is 3.